The van der Waals surface area contributed by atoms with Gasteiger partial charge in [0, 0.05) is 6.54 Å². The van der Waals surface area contributed by atoms with Gasteiger partial charge in [0.25, 0.3) is 5.56 Å². The number of para-hydroxylation sites is 1. The molecule has 34 heavy (non-hydrogen) atoms. The maximum atomic E-state index is 13.8. The number of hydrazine groups is 1. The van der Waals surface area contributed by atoms with E-state index in [9.17, 15) is 14.0 Å². The first-order chi connectivity index (χ1) is 16.5. The Balaban J connectivity index is 1.47. The molecule has 0 unspecified atom stereocenters. The van der Waals surface area contributed by atoms with E-state index in [-0.39, 0.29) is 17.3 Å². The molecule has 0 bridgehead atoms. The molecule has 1 amide bonds. The first-order valence-electron chi connectivity index (χ1n) is 10.4. The molecule has 0 saturated heterocycles. The van der Waals surface area contributed by atoms with Gasteiger partial charge in [-0.1, -0.05) is 24.3 Å². The number of anilines is 1. The van der Waals surface area contributed by atoms with E-state index in [1.807, 2.05) is 17.5 Å². The van der Waals surface area contributed by atoms with Crippen LogP contribution >= 0.6 is 11.3 Å². The van der Waals surface area contributed by atoms with Crippen molar-refractivity contribution in [3.05, 3.63) is 88.0 Å². The number of hydrogen-bond donors (Lipinski definition) is 2. The van der Waals surface area contributed by atoms with Crippen LogP contribution in [0.5, 0.6) is 0 Å². The van der Waals surface area contributed by atoms with Crippen LogP contribution in [0.15, 0.2) is 70.8 Å². The summed E-state index contributed by atoms with van der Waals surface area (Å²) in [4.78, 5) is 35.3. The minimum Gasteiger partial charge on any atom is -0.277 e. The highest BCUT2D eigenvalue weighted by molar-refractivity contribution is 7.13. The van der Waals surface area contributed by atoms with Crippen LogP contribution < -0.4 is 16.4 Å². The van der Waals surface area contributed by atoms with Crippen molar-refractivity contribution in [2.75, 3.05) is 5.43 Å². The number of hydrogen-bond acceptors (Lipinski definition) is 7. The second-order valence-electron chi connectivity index (χ2n) is 7.21. The fourth-order valence-corrected chi connectivity index (χ4v) is 4.19. The van der Waals surface area contributed by atoms with Crippen molar-refractivity contribution in [2.45, 2.75) is 13.5 Å². The second-order valence-corrected chi connectivity index (χ2v) is 8.16. The van der Waals surface area contributed by atoms with Crippen molar-refractivity contribution in [1.29, 1.82) is 0 Å². The summed E-state index contributed by atoms with van der Waals surface area (Å²) in [5.41, 5.74) is 5.93. The summed E-state index contributed by atoms with van der Waals surface area (Å²) in [6.45, 7) is 2.16. The highest BCUT2D eigenvalue weighted by Crippen LogP contribution is 2.25. The third kappa shape index (κ3) is 3.92. The molecule has 170 valence electrons. The van der Waals surface area contributed by atoms with Crippen LogP contribution in [0.4, 0.5) is 10.3 Å². The Kier molecular flexibility index (Phi) is 5.60. The average Bonchev–Trinajstić information content (AvgIpc) is 3.53. The van der Waals surface area contributed by atoms with Crippen LogP contribution in [0.3, 0.4) is 0 Å². The summed E-state index contributed by atoms with van der Waals surface area (Å²) in [5, 5.41) is 6.66. The van der Waals surface area contributed by atoms with E-state index < -0.39 is 11.7 Å². The van der Waals surface area contributed by atoms with E-state index in [1.54, 1.807) is 43.3 Å². The molecule has 0 aliphatic carbocycles. The fourth-order valence-electron chi connectivity index (χ4n) is 3.49. The Morgan fingerprint density at radius 1 is 1.09 bits per heavy atom. The monoisotopic (exact) mass is 475 g/mol. The van der Waals surface area contributed by atoms with Gasteiger partial charge >= 0.3 is 5.91 Å². The Labute approximate surface area is 196 Å². The topological polar surface area (TPSA) is 107 Å². The van der Waals surface area contributed by atoms with Crippen LogP contribution in [0.1, 0.15) is 17.5 Å². The molecule has 0 saturated carbocycles. The lowest BCUT2D eigenvalue weighted by atomic mass is 10.2. The minimum atomic E-state index is -0.641. The average molecular weight is 476 g/mol. The third-order valence-electron chi connectivity index (χ3n) is 5.07. The lowest BCUT2D eigenvalue weighted by molar-refractivity contribution is 0.0952. The number of benzene rings is 2. The number of aromatic nitrogens is 5. The normalized spacial score (nSPS) is 11.0. The van der Waals surface area contributed by atoms with Crippen molar-refractivity contribution in [2.24, 2.45) is 0 Å². The number of rotatable bonds is 6. The molecule has 0 aliphatic rings. The summed E-state index contributed by atoms with van der Waals surface area (Å²) < 4.78 is 16.7. The number of nitrogens with one attached hydrogen (secondary N) is 2. The fraction of sp³-hybridized carbons (Fsp3) is 0.0870. The van der Waals surface area contributed by atoms with Gasteiger partial charge in [-0.3, -0.25) is 25.0 Å². The van der Waals surface area contributed by atoms with Gasteiger partial charge in [0.1, 0.15) is 5.82 Å². The van der Waals surface area contributed by atoms with Crippen LogP contribution in [-0.2, 0) is 6.54 Å². The van der Waals surface area contributed by atoms with Crippen molar-refractivity contribution in [1.82, 2.24) is 29.7 Å². The predicted molar refractivity (Wildman–Crippen MR) is 127 cm³/mol. The molecule has 0 aliphatic heterocycles. The van der Waals surface area contributed by atoms with Gasteiger partial charge in [-0.15, -0.1) is 16.4 Å². The van der Waals surface area contributed by atoms with E-state index in [2.05, 4.69) is 25.9 Å². The molecule has 5 aromatic rings. The third-order valence-corrected chi connectivity index (χ3v) is 5.94. The van der Waals surface area contributed by atoms with E-state index in [0.29, 0.717) is 29.0 Å². The molecule has 5 rings (SSSR count). The number of carbonyl (C=O) groups is 1. The number of fused-ring (bicyclic) bond motifs is 1. The van der Waals surface area contributed by atoms with Crippen LogP contribution in [0.25, 0.3) is 27.3 Å². The zero-order chi connectivity index (χ0) is 23.7. The van der Waals surface area contributed by atoms with E-state index >= 15 is 0 Å². The first-order valence-corrected chi connectivity index (χ1v) is 11.3. The summed E-state index contributed by atoms with van der Waals surface area (Å²) in [7, 11) is 0. The molecular formula is C23H18FN7O2S. The number of carbonyl (C=O) groups excluding carboxylic acids is 1. The van der Waals surface area contributed by atoms with Gasteiger partial charge in [-0.05, 0) is 48.7 Å². The first kappa shape index (κ1) is 21.5. The Hall–Kier alpha value is -4.38. The van der Waals surface area contributed by atoms with Crippen LogP contribution in [0, 0.1) is 5.82 Å². The molecule has 9 nitrogen and oxygen atoms in total. The Morgan fingerprint density at radius 3 is 2.71 bits per heavy atom. The van der Waals surface area contributed by atoms with E-state index in [1.165, 1.54) is 32.7 Å². The quantitative estimate of drug-likeness (QED) is 0.363. The number of thiophene rings is 1. The van der Waals surface area contributed by atoms with E-state index in [4.69, 9.17) is 0 Å². The molecule has 0 atom stereocenters. The molecular weight excluding hydrogens is 457 g/mol. The van der Waals surface area contributed by atoms with Gasteiger partial charge in [-0.25, -0.2) is 19.0 Å². The highest BCUT2D eigenvalue weighted by Gasteiger charge is 2.20. The molecule has 11 heteroatoms. The van der Waals surface area contributed by atoms with Crippen LogP contribution in [0.2, 0.25) is 0 Å². The largest absolute Gasteiger partial charge is 0.309 e. The standard InChI is InChI=1S/C23H18FN7O2S/c1-2-30-22(33)16-9-3-4-10-17(16)25-23(30)28-27-21(32)19-26-20(18-11-6-12-34-18)31(29-19)15-8-5-7-14(24)13-15/h3-13H,2H2,1H3,(H,25,28)(H,27,32). The summed E-state index contributed by atoms with van der Waals surface area (Å²) in [6, 6.07) is 16.5. The summed E-state index contributed by atoms with van der Waals surface area (Å²) in [6.07, 6.45) is 0. The van der Waals surface area contributed by atoms with Crippen LogP contribution in [-0.4, -0.2) is 30.2 Å². The van der Waals surface area contributed by atoms with Gasteiger partial charge in [0.05, 0.1) is 21.5 Å². The maximum Gasteiger partial charge on any atom is 0.309 e. The molecule has 3 heterocycles. The van der Waals surface area contributed by atoms with Gasteiger partial charge < -0.3 is 0 Å². The Bertz CT molecular complexity index is 1560. The smallest absolute Gasteiger partial charge is 0.277 e. The molecule has 0 fully saturated rings. The highest BCUT2D eigenvalue weighted by atomic mass is 32.1. The second kappa shape index (κ2) is 8.87. The van der Waals surface area contributed by atoms with Crippen molar-refractivity contribution < 1.29 is 9.18 Å². The Morgan fingerprint density at radius 2 is 1.94 bits per heavy atom. The van der Waals surface area contributed by atoms with Gasteiger partial charge in [-0.2, -0.15) is 0 Å². The summed E-state index contributed by atoms with van der Waals surface area (Å²) in [5.74, 6) is -0.621. The molecule has 2 N–H and O–H groups in total. The SMILES string of the molecule is CCn1c(NNC(=O)c2nc(-c3cccs3)n(-c3cccc(F)c3)n2)nc2ccccc2c1=O. The molecule has 0 radical (unpaired) electrons. The zero-order valence-corrected chi connectivity index (χ0v) is 18.7. The zero-order valence-electron chi connectivity index (χ0n) is 17.9. The minimum absolute atomic E-state index is 0.133. The molecule has 3 aromatic heterocycles. The van der Waals surface area contributed by atoms with Crippen molar-refractivity contribution >= 4 is 34.1 Å². The van der Waals surface area contributed by atoms with Gasteiger partial charge in [0.2, 0.25) is 11.8 Å². The van der Waals surface area contributed by atoms with Gasteiger partial charge in [0.15, 0.2) is 5.82 Å². The number of nitrogens with zero attached hydrogens (tertiary/aromatic N) is 5. The molecule has 2 aromatic carbocycles. The van der Waals surface area contributed by atoms with Crippen molar-refractivity contribution in [3.63, 3.8) is 0 Å². The van der Waals surface area contributed by atoms with E-state index in [0.717, 1.165) is 4.88 Å². The lowest BCUT2D eigenvalue weighted by Gasteiger charge is -2.13. The predicted octanol–water partition coefficient (Wildman–Crippen LogP) is 3.62. The number of amides is 1. The molecule has 0 spiro atoms. The number of halogens is 1. The summed E-state index contributed by atoms with van der Waals surface area (Å²) >= 11 is 1.42. The maximum absolute atomic E-state index is 13.8. The lowest BCUT2D eigenvalue weighted by Crippen LogP contribution is -2.35. The van der Waals surface area contributed by atoms with Crippen molar-refractivity contribution in [3.8, 4) is 16.4 Å².